The van der Waals surface area contributed by atoms with Crippen LogP contribution in [0.2, 0.25) is 0 Å². The Morgan fingerprint density at radius 2 is 0.630 bits per heavy atom. The predicted molar refractivity (Wildman–Crippen MR) is 349 cm³/mol. The Morgan fingerprint density at radius 3 is 0.914 bits per heavy atom. The molecule has 2 atom stereocenters. The molecule has 0 spiro atoms. The lowest BCUT2D eigenvalue weighted by Gasteiger charge is -2.24. The van der Waals surface area contributed by atoms with Crippen molar-refractivity contribution in [1.29, 1.82) is 0 Å². The number of esters is 2. The molecule has 0 bridgehead atoms. The van der Waals surface area contributed by atoms with Crippen molar-refractivity contribution in [2.75, 3.05) is 47.5 Å². The van der Waals surface area contributed by atoms with E-state index in [2.05, 4.69) is 26.0 Å². The number of carbonyl (C=O) groups excluding carboxylic acids is 2. The third kappa shape index (κ3) is 67.7. The number of likely N-dealkylation sites (N-methyl/N-ethyl adjacent to an activating group) is 1. The van der Waals surface area contributed by atoms with Crippen LogP contribution in [0.5, 0.6) is 0 Å². The van der Waals surface area contributed by atoms with Crippen molar-refractivity contribution in [3.63, 3.8) is 0 Å². The van der Waals surface area contributed by atoms with E-state index < -0.39 is 26.5 Å². The van der Waals surface area contributed by atoms with Crippen LogP contribution >= 0.6 is 7.82 Å². The van der Waals surface area contributed by atoms with Crippen molar-refractivity contribution >= 4 is 19.8 Å². The first-order valence-corrected chi connectivity index (χ1v) is 37.4. The second-order valence-corrected chi connectivity index (χ2v) is 27.4. The van der Waals surface area contributed by atoms with E-state index in [0.717, 1.165) is 44.9 Å². The fourth-order valence-electron chi connectivity index (χ4n) is 11.0. The fourth-order valence-corrected chi connectivity index (χ4v) is 11.8. The van der Waals surface area contributed by atoms with Gasteiger partial charge >= 0.3 is 19.8 Å². The molecule has 0 radical (unpaired) electrons. The van der Waals surface area contributed by atoms with Gasteiger partial charge in [-0.2, -0.15) is 0 Å². The van der Waals surface area contributed by atoms with Gasteiger partial charge in [-0.25, -0.2) is 4.57 Å². The van der Waals surface area contributed by atoms with Crippen LogP contribution in [0.4, 0.5) is 0 Å². The second kappa shape index (κ2) is 63.3. The normalized spacial score (nSPS) is 13.1. The van der Waals surface area contributed by atoms with Gasteiger partial charge in [-0.3, -0.25) is 18.6 Å². The van der Waals surface area contributed by atoms with E-state index >= 15 is 0 Å². The quantitative estimate of drug-likeness (QED) is 0.0211. The van der Waals surface area contributed by atoms with Gasteiger partial charge in [0.25, 0.3) is 0 Å². The minimum Gasteiger partial charge on any atom is -0.462 e. The molecular formula is C71H141NO8P+. The number of hydrogen-bond acceptors (Lipinski definition) is 7. The second-order valence-electron chi connectivity index (χ2n) is 26.0. The van der Waals surface area contributed by atoms with Gasteiger partial charge in [-0.1, -0.05) is 341 Å². The number of phosphoric acid groups is 1. The van der Waals surface area contributed by atoms with Crippen LogP contribution in [0, 0.1) is 0 Å². The van der Waals surface area contributed by atoms with Crippen LogP contribution in [0.3, 0.4) is 0 Å². The van der Waals surface area contributed by atoms with Crippen LogP contribution in [0.1, 0.15) is 380 Å². The molecular weight excluding hydrogens is 1030 g/mol. The molecule has 0 fully saturated rings. The lowest BCUT2D eigenvalue weighted by atomic mass is 10.0. The van der Waals surface area contributed by atoms with Crippen molar-refractivity contribution in [1.82, 2.24) is 0 Å². The van der Waals surface area contributed by atoms with Gasteiger partial charge in [0.1, 0.15) is 19.8 Å². The van der Waals surface area contributed by atoms with E-state index in [1.807, 2.05) is 21.1 Å². The number of hydrogen-bond donors (Lipinski definition) is 1. The molecule has 10 heteroatoms. The lowest BCUT2D eigenvalue weighted by Crippen LogP contribution is -2.37. The topological polar surface area (TPSA) is 108 Å². The van der Waals surface area contributed by atoms with Gasteiger partial charge in [-0.05, 0) is 38.5 Å². The molecule has 482 valence electrons. The van der Waals surface area contributed by atoms with E-state index in [1.165, 1.54) is 302 Å². The van der Waals surface area contributed by atoms with E-state index in [-0.39, 0.29) is 25.6 Å². The summed E-state index contributed by atoms with van der Waals surface area (Å²) in [5.74, 6) is -0.780. The van der Waals surface area contributed by atoms with Crippen molar-refractivity contribution in [2.45, 2.75) is 386 Å². The molecule has 2 unspecified atom stereocenters. The number of phosphoric ester groups is 1. The molecule has 0 heterocycles. The number of unbranched alkanes of at least 4 members (excludes halogenated alkanes) is 52. The largest absolute Gasteiger partial charge is 0.472 e. The Kier molecular flexibility index (Phi) is 62.3. The predicted octanol–water partition coefficient (Wildman–Crippen LogP) is 23.1. The third-order valence-corrected chi connectivity index (χ3v) is 17.5. The maximum Gasteiger partial charge on any atom is 0.472 e. The SMILES string of the molecule is CCCCCCCCC/C=C\CCCCCCCCCC(=O)OC(COC(=O)CCCCCCCCCCCCCCCCCCCCCCCCCCCCCCCCCCCCCCCCC)COP(=O)(O)OCC[N+](C)(C)C. The summed E-state index contributed by atoms with van der Waals surface area (Å²) in [6.07, 6.45) is 77.8. The maximum absolute atomic E-state index is 12.8. The molecule has 0 aliphatic carbocycles. The molecule has 0 aromatic rings. The van der Waals surface area contributed by atoms with Gasteiger partial charge in [0.05, 0.1) is 27.7 Å². The minimum atomic E-state index is -4.39. The number of quaternary nitrogens is 1. The molecule has 0 aliphatic heterocycles. The van der Waals surface area contributed by atoms with Crippen LogP contribution in [0.25, 0.3) is 0 Å². The Hall–Kier alpha value is -1.25. The Labute approximate surface area is 505 Å². The Balaban J connectivity index is 3.85. The minimum absolute atomic E-state index is 0.0346. The first-order valence-electron chi connectivity index (χ1n) is 35.9. The van der Waals surface area contributed by atoms with Gasteiger partial charge in [-0.15, -0.1) is 0 Å². The van der Waals surface area contributed by atoms with E-state index in [4.69, 9.17) is 18.5 Å². The number of carbonyl (C=O) groups is 2. The molecule has 0 rings (SSSR count). The van der Waals surface area contributed by atoms with Crippen LogP contribution in [-0.2, 0) is 32.7 Å². The van der Waals surface area contributed by atoms with Crippen LogP contribution < -0.4 is 0 Å². The average Bonchev–Trinajstić information content (AvgIpc) is 3.43. The Bertz CT molecular complexity index is 1370. The number of nitrogens with zero attached hydrogens (tertiary/aromatic N) is 1. The molecule has 0 saturated carbocycles. The van der Waals surface area contributed by atoms with Crippen molar-refractivity contribution in [3.8, 4) is 0 Å². The first kappa shape index (κ1) is 79.8. The molecule has 0 aromatic heterocycles. The molecule has 0 aliphatic rings. The van der Waals surface area contributed by atoms with Gasteiger partial charge in [0.15, 0.2) is 6.10 Å². The number of ether oxygens (including phenoxy) is 2. The zero-order chi connectivity index (χ0) is 59.1. The summed E-state index contributed by atoms with van der Waals surface area (Å²) in [5, 5.41) is 0. The molecule has 0 saturated heterocycles. The standard InChI is InChI=1S/C71H140NO8P/c1-6-8-10-12-14-16-18-20-22-24-26-27-28-29-30-31-32-33-34-35-36-37-38-39-40-41-42-43-44-45-46-48-49-51-53-55-57-59-61-63-70(73)77-67-69(68-79-81(75,76)78-66-65-72(3,4)5)80-71(74)64-62-60-58-56-54-52-50-47-25-23-21-19-17-15-13-11-9-7-2/h23,25,69H,6-22,24,26-68H2,1-5H3/p+1/b25-23-. The van der Waals surface area contributed by atoms with E-state index in [9.17, 15) is 19.0 Å². The Morgan fingerprint density at radius 1 is 0.370 bits per heavy atom. The third-order valence-electron chi connectivity index (χ3n) is 16.5. The number of allylic oxidation sites excluding steroid dienone is 2. The molecule has 81 heavy (non-hydrogen) atoms. The summed E-state index contributed by atoms with van der Waals surface area (Å²) < 4.78 is 34.7. The van der Waals surface area contributed by atoms with Crippen molar-refractivity contribution in [3.05, 3.63) is 12.2 Å². The summed E-state index contributed by atoms with van der Waals surface area (Å²) in [7, 11) is 1.50. The molecule has 9 nitrogen and oxygen atoms in total. The maximum atomic E-state index is 12.8. The summed E-state index contributed by atoms with van der Waals surface area (Å²) in [6, 6.07) is 0. The molecule has 0 aromatic carbocycles. The lowest BCUT2D eigenvalue weighted by molar-refractivity contribution is -0.870. The van der Waals surface area contributed by atoms with E-state index in [0.29, 0.717) is 23.9 Å². The number of rotatable bonds is 68. The zero-order valence-corrected chi connectivity index (χ0v) is 56.0. The molecule has 1 N–H and O–H groups in total. The smallest absolute Gasteiger partial charge is 0.462 e. The average molecular weight is 1170 g/mol. The highest BCUT2D eigenvalue weighted by atomic mass is 31.2. The summed E-state index contributed by atoms with van der Waals surface area (Å²) in [5.41, 5.74) is 0. The highest BCUT2D eigenvalue weighted by molar-refractivity contribution is 7.47. The van der Waals surface area contributed by atoms with E-state index in [1.54, 1.807) is 0 Å². The summed E-state index contributed by atoms with van der Waals surface area (Å²) in [6.45, 7) is 4.50. The molecule has 0 amide bonds. The van der Waals surface area contributed by atoms with Crippen molar-refractivity contribution < 1.29 is 42.1 Å². The zero-order valence-electron chi connectivity index (χ0n) is 55.1. The summed E-state index contributed by atoms with van der Waals surface area (Å²) in [4.78, 5) is 35.8. The summed E-state index contributed by atoms with van der Waals surface area (Å²) >= 11 is 0. The van der Waals surface area contributed by atoms with Gasteiger partial charge in [0, 0.05) is 12.8 Å². The van der Waals surface area contributed by atoms with Crippen molar-refractivity contribution in [2.24, 2.45) is 0 Å². The fraction of sp³-hybridized carbons (Fsp3) is 0.944. The highest BCUT2D eigenvalue weighted by Crippen LogP contribution is 2.43. The van der Waals surface area contributed by atoms with Crippen LogP contribution in [0.15, 0.2) is 12.2 Å². The monoisotopic (exact) mass is 1170 g/mol. The highest BCUT2D eigenvalue weighted by Gasteiger charge is 2.27. The van der Waals surface area contributed by atoms with Gasteiger partial charge in [0.2, 0.25) is 0 Å². The van der Waals surface area contributed by atoms with Crippen LogP contribution in [-0.4, -0.2) is 74.9 Å². The first-order chi connectivity index (χ1) is 39.5. The van der Waals surface area contributed by atoms with Gasteiger partial charge < -0.3 is 18.9 Å².